The second-order valence-corrected chi connectivity index (χ2v) is 5.48. The zero-order chi connectivity index (χ0) is 13.0. The molecule has 1 aromatic heterocycles. The van der Waals surface area contributed by atoms with E-state index in [1.54, 1.807) is 4.68 Å². The van der Waals surface area contributed by atoms with Crippen molar-refractivity contribution in [2.24, 2.45) is 13.0 Å². The Morgan fingerprint density at radius 3 is 2.50 bits per heavy atom. The van der Waals surface area contributed by atoms with Crippen molar-refractivity contribution in [3.63, 3.8) is 0 Å². The minimum absolute atomic E-state index is 0.187. The number of aliphatic hydroxyl groups excluding tert-OH is 1. The van der Waals surface area contributed by atoms with Crippen molar-refractivity contribution in [1.82, 2.24) is 9.78 Å². The predicted molar refractivity (Wildman–Crippen MR) is 75.3 cm³/mol. The van der Waals surface area contributed by atoms with Gasteiger partial charge < -0.3 is 5.11 Å². The summed E-state index contributed by atoms with van der Waals surface area (Å²) in [5, 5.41) is 13.8. The number of benzene rings is 1. The van der Waals surface area contributed by atoms with Crippen LogP contribution in [0.1, 0.15) is 11.3 Å². The van der Waals surface area contributed by atoms with Crippen molar-refractivity contribution in [3.05, 3.63) is 52.3 Å². The largest absolute Gasteiger partial charge is 0.396 e. The van der Waals surface area contributed by atoms with Gasteiger partial charge in [0.2, 0.25) is 0 Å². The molecule has 0 saturated heterocycles. The van der Waals surface area contributed by atoms with Crippen LogP contribution in [0.25, 0.3) is 0 Å². The maximum atomic E-state index is 9.47. The molecule has 0 aliphatic heterocycles. The number of aliphatic hydroxyl groups is 1. The zero-order valence-corrected chi connectivity index (χ0v) is 12.0. The molecule has 1 aromatic carbocycles. The molecule has 0 saturated carbocycles. The second kappa shape index (κ2) is 6.16. The average molecular weight is 309 g/mol. The van der Waals surface area contributed by atoms with Crippen LogP contribution < -0.4 is 0 Å². The molecular formula is C14H17BrN2O. The molecule has 0 aliphatic rings. The third kappa shape index (κ3) is 3.68. The second-order valence-electron chi connectivity index (χ2n) is 4.56. The molecule has 0 amide bonds. The Labute approximate surface area is 116 Å². The van der Waals surface area contributed by atoms with Crippen LogP contribution in [0.4, 0.5) is 0 Å². The van der Waals surface area contributed by atoms with Gasteiger partial charge in [-0.15, -0.1) is 0 Å². The Morgan fingerprint density at radius 2 is 1.94 bits per heavy atom. The van der Waals surface area contributed by atoms with E-state index in [2.05, 4.69) is 33.2 Å². The number of nitrogens with zero attached hydrogens (tertiary/aromatic N) is 2. The van der Waals surface area contributed by atoms with E-state index in [-0.39, 0.29) is 12.5 Å². The minimum atomic E-state index is 0.187. The highest BCUT2D eigenvalue weighted by atomic mass is 79.9. The average Bonchev–Trinajstić information content (AvgIpc) is 2.77. The van der Waals surface area contributed by atoms with Crippen molar-refractivity contribution in [3.8, 4) is 0 Å². The summed E-state index contributed by atoms with van der Waals surface area (Å²) in [7, 11) is 1.91. The molecule has 18 heavy (non-hydrogen) atoms. The molecular weight excluding hydrogens is 292 g/mol. The lowest BCUT2D eigenvalue weighted by atomic mass is 9.96. The molecule has 4 heteroatoms. The van der Waals surface area contributed by atoms with Crippen LogP contribution in [0.2, 0.25) is 0 Å². The highest BCUT2D eigenvalue weighted by Gasteiger charge is 2.11. The Hall–Kier alpha value is -1.13. The van der Waals surface area contributed by atoms with Crippen LogP contribution >= 0.6 is 15.9 Å². The number of aromatic nitrogens is 2. The van der Waals surface area contributed by atoms with E-state index in [0.717, 1.165) is 23.0 Å². The van der Waals surface area contributed by atoms with Gasteiger partial charge in [0.1, 0.15) is 0 Å². The van der Waals surface area contributed by atoms with Crippen LogP contribution in [-0.2, 0) is 19.9 Å². The first-order chi connectivity index (χ1) is 8.67. The van der Waals surface area contributed by atoms with Crippen LogP contribution in [0.5, 0.6) is 0 Å². The van der Waals surface area contributed by atoms with E-state index in [9.17, 15) is 5.11 Å². The summed E-state index contributed by atoms with van der Waals surface area (Å²) in [5.41, 5.74) is 2.28. The predicted octanol–water partition coefficient (Wildman–Crippen LogP) is 2.58. The normalized spacial score (nSPS) is 12.6. The van der Waals surface area contributed by atoms with Crippen LogP contribution in [-0.4, -0.2) is 21.5 Å². The van der Waals surface area contributed by atoms with Crippen LogP contribution in [0, 0.1) is 5.92 Å². The standard InChI is InChI=1S/C14H17BrN2O/c1-17-7-6-14(16-17)9-12(10-18)8-11-2-4-13(15)5-3-11/h2-7,12,18H,8-10H2,1H3. The highest BCUT2D eigenvalue weighted by molar-refractivity contribution is 9.10. The van der Waals surface area contributed by atoms with Gasteiger partial charge in [0.25, 0.3) is 0 Å². The lowest BCUT2D eigenvalue weighted by molar-refractivity contribution is 0.224. The van der Waals surface area contributed by atoms with E-state index in [1.165, 1.54) is 5.56 Å². The summed E-state index contributed by atoms with van der Waals surface area (Å²) >= 11 is 3.42. The summed E-state index contributed by atoms with van der Waals surface area (Å²) in [6.07, 6.45) is 3.62. The topological polar surface area (TPSA) is 38.0 Å². The number of rotatable bonds is 5. The molecule has 3 nitrogen and oxygen atoms in total. The van der Waals surface area contributed by atoms with Crippen molar-refractivity contribution in [2.45, 2.75) is 12.8 Å². The molecule has 1 N–H and O–H groups in total. The molecule has 2 aromatic rings. The van der Waals surface area contributed by atoms with Gasteiger partial charge in [0.05, 0.1) is 5.69 Å². The van der Waals surface area contributed by atoms with Gasteiger partial charge in [-0.1, -0.05) is 28.1 Å². The number of halogens is 1. The fraction of sp³-hybridized carbons (Fsp3) is 0.357. The molecule has 1 unspecified atom stereocenters. The third-order valence-electron chi connectivity index (χ3n) is 2.96. The number of hydrogen-bond donors (Lipinski definition) is 1. The Kier molecular flexibility index (Phi) is 4.55. The van der Waals surface area contributed by atoms with Crippen molar-refractivity contribution in [2.75, 3.05) is 6.61 Å². The van der Waals surface area contributed by atoms with E-state index in [1.807, 2.05) is 31.4 Å². The lowest BCUT2D eigenvalue weighted by Crippen LogP contribution is -2.13. The van der Waals surface area contributed by atoms with Gasteiger partial charge >= 0.3 is 0 Å². The smallest absolute Gasteiger partial charge is 0.0628 e. The first kappa shape index (κ1) is 13.3. The molecule has 1 heterocycles. The summed E-state index contributed by atoms with van der Waals surface area (Å²) in [5.74, 6) is 0.223. The van der Waals surface area contributed by atoms with Gasteiger partial charge in [0.15, 0.2) is 0 Å². The molecule has 0 bridgehead atoms. The molecule has 0 aliphatic carbocycles. The monoisotopic (exact) mass is 308 g/mol. The summed E-state index contributed by atoms with van der Waals surface area (Å²) in [6, 6.07) is 10.2. The van der Waals surface area contributed by atoms with Crippen LogP contribution in [0.3, 0.4) is 0 Å². The number of aryl methyl sites for hydroxylation is 1. The zero-order valence-electron chi connectivity index (χ0n) is 10.4. The van der Waals surface area contributed by atoms with Gasteiger partial charge in [0, 0.05) is 24.3 Å². The summed E-state index contributed by atoms with van der Waals surface area (Å²) in [6.45, 7) is 0.187. The number of hydrogen-bond acceptors (Lipinski definition) is 2. The molecule has 0 fully saturated rings. The van der Waals surface area contributed by atoms with Gasteiger partial charge in [-0.25, -0.2) is 0 Å². The van der Waals surface area contributed by atoms with E-state index < -0.39 is 0 Å². The third-order valence-corrected chi connectivity index (χ3v) is 3.49. The highest BCUT2D eigenvalue weighted by Crippen LogP contribution is 2.16. The summed E-state index contributed by atoms with van der Waals surface area (Å²) < 4.78 is 2.88. The van der Waals surface area contributed by atoms with E-state index in [4.69, 9.17) is 0 Å². The Balaban J connectivity index is 1.99. The fourth-order valence-electron chi connectivity index (χ4n) is 2.02. The van der Waals surface area contributed by atoms with Gasteiger partial charge in [-0.2, -0.15) is 5.10 Å². The molecule has 2 rings (SSSR count). The molecule has 1 atom stereocenters. The van der Waals surface area contributed by atoms with Crippen molar-refractivity contribution in [1.29, 1.82) is 0 Å². The molecule has 96 valence electrons. The minimum Gasteiger partial charge on any atom is -0.396 e. The SMILES string of the molecule is Cn1ccc(CC(CO)Cc2ccc(Br)cc2)n1. The van der Waals surface area contributed by atoms with E-state index in [0.29, 0.717) is 0 Å². The van der Waals surface area contributed by atoms with Crippen LogP contribution in [0.15, 0.2) is 41.0 Å². The van der Waals surface area contributed by atoms with Crippen molar-refractivity contribution < 1.29 is 5.11 Å². The maximum Gasteiger partial charge on any atom is 0.0628 e. The molecule has 0 radical (unpaired) electrons. The van der Waals surface area contributed by atoms with Gasteiger partial charge in [-0.05, 0) is 42.5 Å². The Bertz CT molecular complexity index is 493. The summed E-state index contributed by atoms with van der Waals surface area (Å²) in [4.78, 5) is 0. The van der Waals surface area contributed by atoms with Crippen molar-refractivity contribution >= 4 is 15.9 Å². The van der Waals surface area contributed by atoms with E-state index >= 15 is 0 Å². The first-order valence-electron chi connectivity index (χ1n) is 6.01. The Morgan fingerprint density at radius 1 is 1.22 bits per heavy atom. The fourth-order valence-corrected chi connectivity index (χ4v) is 2.29. The van der Waals surface area contributed by atoms with Gasteiger partial charge in [-0.3, -0.25) is 4.68 Å². The first-order valence-corrected chi connectivity index (χ1v) is 6.80. The molecule has 0 spiro atoms. The maximum absolute atomic E-state index is 9.47. The lowest BCUT2D eigenvalue weighted by Gasteiger charge is -2.12. The quantitative estimate of drug-likeness (QED) is 0.922.